The first-order valence-electron chi connectivity index (χ1n) is 7.11. The molecular formula is C15H19N5O. The van der Waals surface area contributed by atoms with E-state index in [1.165, 1.54) is 0 Å². The van der Waals surface area contributed by atoms with Crippen molar-refractivity contribution in [3.63, 3.8) is 0 Å². The van der Waals surface area contributed by atoms with Crippen LogP contribution in [-0.4, -0.2) is 39.6 Å². The number of aryl methyl sites for hydroxylation is 1. The number of rotatable bonds is 3. The van der Waals surface area contributed by atoms with Gasteiger partial charge in [0.15, 0.2) is 5.82 Å². The van der Waals surface area contributed by atoms with E-state index in [-0.39, 0.29) is 11.8 Å². The average molecular weight is 285 g/mol. The topological polar surface area (TPSA) is 73.9 Å². The molecule has 0 saturated heterocycles. The molecule has 0 spiro atoms. The minimum atomic E-state index is -0.0903. The van der Waals surface area contributed by atoms with Gasteiger partial charge in [0.25, 0.3) is 0 Å². The van der Waals surface area contributed by atoms with Crippen LogP contribution in [0.15, 0.2) is 24.3 Å². The van der Waals surface area contributed by atoms with Crippen LogP contribution in [0.2, 0.25) is 0 Å². The zero-order valence-corrected chi connectivity index (χ0v) is 12.3. The van der Waals surface area contributed by atoms with E-state index in [9.17, 15) is 4.79 Å². The zero-order chi connectivity index (χ0) is 14.8. The van der Waals surface area contributed by atoms with Crippen molar-refractivity contribution in [2.45, 2.75) is 25.8 Å². The molecule has 2 heterocycles. The highest BCUT2D eigenvalue weighted by Gasteiger charge is 2.28. The van der Waals surface area contributed by atoms with Crippen LogP contribution in [0.3, 0.4) is 0 Å². The van der Waals surface area contributed by atoms with E-state index in [2.05, 4.69) is 20.5 Å². The van der Waals surface area contributed by atoms with Crippen molar-refractivity contribution >= 4 is 11.6 Å². The van der Waals surface area contributed by atoms with Crippen molar-refractivity contribution in [1.29, 1.82) is 0 Å². The van der Waals surface area contributed by atoms with Crippen LogP contribution in [0.5, 0.6) is 0 Å². The lowest BCUT2D eigenvalue weighted by molar-refractivity contribution is -0.132. The molecule has 6 nitrogen and oxygen atoms in total. The Bertz CT molecular complexity index is 651. The quantitative estimate of drug-likeness (QED) is 0.899. The van der Waals surface area contributed by atoms with Crippen molar-refractivity contribution in [2.24, 2.45) is 0 Å². The summed E-state index contributed by atoms with van der Waals surface area (Å²) in [5, 5.41) is 10.2. The number of likely N-dealkylation sites (N-methyl/N-ethyl adjacent to an activating group) is 1. The van der Waals surface area contributed by atoms with Gasteiger partial charge in [-0.25, -0.2) is 4.98 Å². The first-order chi connectivity index (χ1) is 10.1. The fraction of sp³-hybridized carbons (Fsp3) is 0.400. The number of nitrogens with one attached hydrogen (secondary N) is 2. The highest BCUT2D eigenvalue weighted by molar-refractivity contribution is 5.86. The maximum atomic E-state index is 12.7. The summed E-state index contributed by atoms with van der Waals surface area (Å²) in [5.41, 5.74) is 2.14. The van der Waals surface area contributed by atoms with E-state index in [4.69, 9.17) is 0 Å². The van der Waals surface area contributed by atoms with E-state index in [0.29, 0.717) is 12.4 Å². The second kappa shape index (κ2) is 5.55. The minimum absolute atomic E-state index is 0.0903. The zero-order valence-electron chi connectivity index (χ0n) is 12.3. The summed E-state index contributed by atoms with van der Waals surface area (Å²) in [5.74, 6) is 1.43. The lowest BCUT2D eigenvalue weighted by Gasteiger charge is -2.29. The monoisotopic (exact) mass is 285 g/mol. The van der Waals surface area contributed by atoms with Crippen LogP contribution >= 0.6 is 0 Å². The van der Waals surface area contributed by atoms with E-state index in [0.717, 1.165) is 30.0 Å². The number of aromatic nitrogens is 3. The first-order valence-corrected chi connectivity index (χ1v) is 7.11. The normalized spacial score (nSPS) is 17.0. The number of para-hydroxylation sites is 1. The summed E-state index contributed by atoms with van der Waals surface area (Å²) >= 11 is 0. The number of carbonyl (C=O) groups excluding carboxylic acids is 1. The highest BCUT2D eigenvalue weighted by Crippen LogP contribution is 2.32. The summed E-state index contributed by atoms with van der Waals surface area (Å²) in [6.45, 7) is 3.09. The van der Waals surface area contributed by atoms with Gasteiger partial charge in [-0.3, -0.25) is 9.89 Å². The van der Waals surface area contributed by atoms with Crippen LogP contribution in [0.4, 0.5) is 5.69 Å². The summed E-state index contributed by atoms with van der Waals surface area (Å²) in [6.07, 6.45) is 0.813. The van der Waals surface area contributed by atoms with E-state index < -0.39 is 0 Å². The summed E-state index contributed by atoms with van der Waals surface area (Å²) in [7, 11) is 1.80. The van der Waals surface area contributed by atoms with E-state index in [1.54, 1.807) is 11.9 Å². The minimum Gasteiger partial charge on any atom is -0.385 e. The predicted molar refractivity (Wildman–Crippen MR) is 79.9 cm³/mol. The number of amides is 1. The predicted octanol–water partition coefficient (Wildman–Crippen LogP) is 1.67. The Balaban J connectivity index is 1.76. The van der Waals surface area contributed by atoms with Gasteiger partial charge >= 0.3 is 0 Å². The number of nitrogens with zero attached hydrogens (tertiary/aromatic N) is 3. The molecule has 0 radical (unpaired) electrons. The first kappa shape index (κ1) is 13.6. The fourth-order valence-corrected chi connectivity index (χ4v) is 2.74. The third-order valence-electron chi connectivity index (χ3n) is 3.78. The van der Waals surface area contributed by atoms with Gasteiger partial charge in [0.2, 0.25) is 5.91 Å². The molecule has 6 heteroatoms. The van der Waals surface area contributed by atoms with Gasteiger partial charge in [-0.05, 0) is 25.0 Å². The molecule has 21 heavy (non-hydrogen) atoms. The maximum absolute atomic E-state index is 12.7. The number of hydrogen-bond donors (Lipinski definition) is 2. The Kier molecular flexibility index (Phi) is 3.60. The third-order valence-corrected chi connectivity index (χ3v) is 3.78. The largest absolute Gasteiger partial charge is 0.385 e. The molecule has 110 valence electrons. The van der Waals surface area contributed by atoms with Gasteiger partial charge in [-0.1, -0.05) is 18.2 Å². The highest BCUT2D eigenvalue weighted by atomic mass is 16.2. The maximum Gasteiger partial charge on any atom is 0.230 e. The van der Waals surface area contributed by atoms with Gasteiger partial charge in [0, 0.05) is 19.3 Å². The van der Waals surface area contributed by atoms with Gasteiger partial charge in [-0.2, -0.15) is 5.10 Å². The lowest BCUT2D eigenvalue weighted by Crippen LogP contribution is -2.34. The molecule has 1 aromatic carbocycles. The molecule has 0 fully saturated rings. The van der Waals surface area contributed by atoms with Gasteiger partial charge < -0.3 is 10.2 Å². The molecule has 1 atom stereocenters. The Hall–Kier alpha value is -2.37. The van der Waals surface area contributed by atoms with Crippen LogP contribution < -0.4 is 5.32 Å². The number of fused-ring (bicyclic) bond motifs is 1. The molecule has 1 unspecified atom stereocenters. The second-order valence-corrected chi connectivity index (χ2v) is 5.39. The number of aromatic amines is 1. The van der Waals surface area contributed by atoms with Gasteiger partial charge in [0.05, 0.1) is 12.5 Å². The lowest BCUT2D eigenvalue weighted by atomic mass is 9.90. The third kappa shape index (κ3) is 2.74. The van der Waals surface area contributed by atoms with Crippen molar-refractivity contribution < 1.29 is 4.79 Å². The van der Waals surface area contributed by atoms with Gasteiger partial charge in [-0.15, -0.1) is 0 Å². The van der Waals surface area contributed by atoms with Crippen molar-refractivity contribution in [3.8, 4) is 0 Å². The fourth-order valence-electron chi connectivity index (χ4n) is 2.74. The Labute approximate surface area is 123 Å². The van der Waals surface area contributed by atoms with Crippen molar-refractivity contribution in [1.82, 2.24) is 20.1 Å². The van der Waals surface area contributed by atoms with E-state index in [1.807, 2.05) is 31.2 Å². The summed E-state index contributed by atoms with van der Waals surface area (Å²) in [4.78, 5) is 18.7. The smallest absolute Gasteiger partial charge is 0.230 e. The number of H-pyrrole nitrogens is 1. The molecule has 0 aliphatic carbocycles. The Morgan fingerprint density at radius 3 is 3.00 bits per heavy atom. The van der Waals surface area contributed by atoms with Crippen LogP contribution in [0.25, 0.3) is 0 Å². The molecule has 0 bridgehead atoms. The Morgan fingerprint density at radius 2 is 2.24 bits per heavy atom. The average Bonchev–Trinajstić information content (AvgIpc) is 2.91. The molecular weight excluding hydrogens is 266 g/mol. The second-order valence-electron chi connectivity index (χ2n) is 5.39. The number of benzene rings is 1. The number of carbonyl (C=O) groups is 1. The molecule has 3 rings (SSSR count). The van der Waals surface area contributed by atoms with Crippen molar-refractivity contribution in [3.05, 3.63) is 41.5 Å². The summed E-state index contributed by atoms with van der Waals surface area (Å²) in [6, 6.07) is 8.01. The molecule has 1 aliphatic rings. The molecule has 1 amide bonds. The molecule has 2 aromatic rings. The molecule has 1 aromatic heterocycles. The van der Waals surface area contributed by atoms with Crippen LogP contribution in [0, 0.1) is 6.92 Å². The van der Waals surface area contributed by atoms with Crippen LogP contribution in [0.1, 0.15) is 29.6 Å². The number of anilines is 1. The van der Waals surface area contributed by atoms with E-state index >= 15 is 0 Å². The SMILES string of the molecule is Cc1nc(CN(C)C(=O)C2CCNc3ccccc32)n[nH]1. The standard InChI is InChI=1S/C15H19N5O/c1-10-17-14(19-18-10)9-20(2)15(21)12-7-8-16-13-6-4-3-5-11(12)13/h3-6,12,16H,7-9H2,1-2H3,(H,17,18,19). The molecule has 2 N–H and O–H groups in total. The molecule has 0 saturated carbocycles. The van der Waals surface area contributed by atoms with Crippen molar-refractivity contribution in [2.75, 3.05) is 18.9 Å². The molecule has 1 aliphatic heterocycles. The number of hydrogen-bond acceptors (Lipinski definition) is 4. The Morgan fingerprint density at radius 1 is 1.43 bits per heavy atom. The van der Waals surface area contributed by atoms with Crippen LogP contribution in [-0.2, 0) is 11.3 Å². The summed E-state index contributed by atoms with van der Waals surface area (Å²) < 4.78 is 0. The van der Waals surface area contributed by atoms with Gasteiger partial charge in [0.1, 0.15) is 5.82 Å².